The van der Waals surface area contributed by atoms with E-state index >= 15 is 0 Å². The van der Waals surface area contributed by atoms with Crippen molar-refractivity contribution in [2.24, 2.45) is 0 Å². The Labute approximate surface area is 159 Å². The van der Waals surface area contributed by atoms with Crippen molar-refractivity contribution < 1.29 is 23.4 Å². The molecule has 1 aromatic carbocycles. The zero-order valence-electron chi connectivity index (χ0n) is 16.0. The molecule has 1 amide bonds. The van der Waals surface area contributed by atoms with E-state index in [9.17, 15) is 4.79 Å². The number of hydrogen-bond acceptors (Lipinski definition) is 6. The van der Waals surface area contributed by atoms with E-state index in [1.54, 1.807) is 27.2 Å². The second-order valence-electron chi connectivity index (χ2n) is 6.38. The van der Waals surface area contributed by atoms with E-state index < -0.39 is 0 Å². The summed E-state index contributed by atoms with van der Waals surface area (Å²) in [5, 5.41) is 3.03. The van der Waals surface area contributed by atoms with Gasteiger partial charge in [0, 0.05) is 19.6 Å². The number of carbonyl (C=O) groups excluding carboxylic acids is 1. The Morgan fingerprint density at radius 2 is 1.93 bits per heavy atom. The Morgan fingerprint density at radius 1 is 1.19 bits per heavy atom. The molecule has 1 aliphatic heterocycles. The van der Waals surface area contributed by atoms with Gasteiger partial charge in [-0.3, -0.25) is 9.69 Å². The van der Waals surface area contributed by atoms with Crippen molar-refractivity contribution in [2.45, 2.75) is 13.0 Å². The normalized spacial score (nSPS) is 16.0. The summed E-state index contributed by atoms with van der Waals surface area (Å²) in [4.78, 5) is 14.8. The number of hydrogen-bond donors (Lipinski definition) is 1. The summed E-state index contributed by atoms with van der Waals surface area (Å²) < 4.78 is 21.5. The van der Waals surface area contributed by atoms with E-state index in [2.05, 4.69) is 10.2 Å². The van der Waals surface area contributed by atoms with Gasteiger partial charge in [0.15, 0.2) is 11.5 Å². The second-order valence-corrected chi connectivity index (χ2v) is 6.38. The van der Waals surface area contributed by atoms with Gasteiger partial charge in [0.25, 0.3) is 5.91 Å². The van der Waals surface area contributed by atoms with Crippen LogP contribution in [-0.4, -0.2) is 57.9 Å². The minimum Gasteiger partial charge on any atom is -0.493 e. The summed E-state index contributed by atoms with van der Waals surface area (Å²) in [6, 6.07) is 7.56. The van der Waals surface area contributed by atoms with Gasteiger partial charge in [0.1, 0.15) is 5.76 Å². The lowest BCUT2D eigenvalue weighted by molar-refractivity contribution is 0.0162. The van der Waals surface area contributed by atoms with Crippen LogP contribution in [0.3, 0.4) is 0 Å². The number of methoxy groups -OCH3 is 2. The van der Waals surface area contributed by atoms with Crippen molar-refractivity contribution in [1.29, 1.82) is 0 Å². The molecule has 2 aromatic rings. The first-order valence-corrected chi connectivity index (χ1v) is 9.00. The molecule has 1 aromatic heterocycles. The number of benzene rings is 1. The highest BCUT2D eigenvalue weighted by molar-refractivity contribution is 5.95. The van der Waals surface area contributed by atoms with Gasteiger partial charge in [0.2, 0.25) is 0 Å². The molecule has 1 aliphatic rings. The molecule has 1 saturated heterocycles. The maximum Gasteiger partial charge on any atom is 0.254 e. The van der Waals surface area contributed by atoms with E-state index in [4.69, 9.17) is 18.6 Å². The van der Waals surface area contributed by atoms with Crippen LogP contribution in [0.4, 0.5) is 0 Å². The molecule has 1 N–H and O–H groups in total. The third-order valence-corrected chi connectivity index (χ3v) is 4.84. The standard InChI is InChI=1S/C20H26N2O5/c1-14-16(6-9-27-14)20(23)21-13-17(22-7-10-26-11-8-22)15-4-5-18(24-2)19(12-15)25-3/h4-6,9,12,17H,7-8,10-11,13H2,1-3H3,(H,21,23)/t17-/m1/s1. The highest BCUT2D eigenvalue weighted by Crippen LogP contribution is 2.32. The molecule has 7 nitrogen and oxygen atoms in total. The van der Waals surface area contributed by atoms with Crippen molar-refractivity contribution in [3.05, 3.63) is 47.4 Å². The quantitative estimate of drug-likeness (QED) is 0.802. The predicted molar refractivity (Wildman–Crippen MR) is 100 cm³/mol. The molecule has 3 rings (SSSR count). The van der Waals surface area contributed by atoms with Crippen molar-refractivity contribution in [3.8, 4) is 11.5 Å². The lowest BCUT2D eigenvalue weighted by Crippen LogP contribution is -2.43. The highest BCUT2D eigenvalue weighted by atomic mass is 16.5. The first-order chi connectivity index (χ1) is 13.1. The largest absolute Gasteiger partial charge is 0.493 e. The summed E-state index contributed by atoms with van der Waals surface area (Å²) >= 11 is 0. The van der Waals surface area contributed by atoms with Crippen molar-refractivity contribution in [2.75, 3.05) is 47.1 Å². The van der Waals surface area contributed by atoms with Gasteiger partial charge in [-0.15, -0.1) is 0 Å². The maximum absolute atomic E-state index is 12.5. The molecule has 0 radical (unpaired) electrons. The minimum absolute atomic E-state index is 0.00450. The van der Waals surface area contributed by atoms with Crippen LogP contribution in [0.15, 0.2) is 34.9 Å². The van der Waals surface area contributed by atoms with Crippen LogP contribution in [0, 0.1) is 6.92 Å². The van der Waals surface area contributed by atoms with Crippen LogP contribution in [-0.2, 0) is 4.74 Å². The summed E-state index contributed by atoms with van der Waals surface area (Å²) in [5.41, 5.74) is 1.61. The maximum atomic E-state index is 12.5. The summed E-state index contributed by atoms with van der Waals surface area (Å²) in [6.45, 7) is 5.22. The lowest BCUT2D eigenvalue weighted by Gasteiger charge is -2.35. The van der Waals surface area contributed by atoms with Crippen LogP contribution >= 0.6 is 0 Å². The number of carbonyl (C=O) groups is 1. The number of nitrogens with one attached hydrogen (secondary N) is 1. The Hall–Kier alpha value is -2.51. The third kappa shape index (κ3) is 4.43. The molecule has 7 heteroatoms. The smallest absolute Gasteiger partial charge is 0.254 e. The van der Waals surface area contributed by atoms with E-state index in [-0.39, 0.29) is 11.9 Å². The minimum atomic E-state index is -0.139. The van der Waals surface area contributed by atoms with E-state index in [0.717, 1.165) is 18.7 Å². The van der Waals surface area contributed by atoms with Gasteiger partial charge in [-0.1, -0.05) is 6.07 Å². The average molecular weight is 374 g/mol. The zero-order chi connectivity index (χ0) is 19.2. The number of furan rings is 1. The van der Waals surface area contributed by atoms with Crippen LogP contribution in [0.2, 0.25) is 0 Å². The monoisotopic (exact) mass is 374 g/mol. The molecule has 2 heterocycles. The zero-order valence-corrected chi connectivity index (χ0v) is 16.0. The number of nitrogens with zero attached hydrogens (tertiary/aromatic N) is 1. The van der Waals surface area contributed by atoms with Crippen LogP contribution in [0.1, 0.15) is 27.7 Å². The van der Waals surface area contributed by atoms with Gasteiger partial charge in [-0.25, -0.2) is 0 Å². The molecule has 0 bridgehead atoms. The summed E-state index contributed by atoms with van der Waals surface area (Å²) in [5.74, 6) is 1.83. The number of ether oxygens (including phenoxy) is 3. The fourth-order valence-corrected chi connectivity index (χ4v) is 3.31. The summed E-state index contributed by atoms with van der Waals surface area (Å²) in [7, 11) is 3.24. The Morgan fingerprint density at radius 3 is 2.56 bits per heavy atom. The molecule has 0 aliphatic carbocycles. The van der Waals surface area contributed by atoms with E-state index in [0.29, 0.717) is 42.6 Å². The van der Waals surface area contributed by atoms with Gasteiger partial charge >= 0.3 is 0 Å². The van der Waals surface area contributed by atoms with Crippen LogP contribution in [0.25, 0.3) is 0 Å². The van der Waals surface area contributed by atoms with E-state index in [1.165, 1.54) is 6.26 Å². The van der Waals surface area contributed by atoms with Crippen LogP contribution in [0.5, 0.6) is 11.5 Å². The van der Waals surface area contributed by atoms with Crippen molar-refractivity contribution >= 4 is 5.91 Å². The molecule has 27 heavy (non-hydrogen) atoms. The molecule has 1 atom stereocenters. The van der Waals surface area contributed by atoms with Crippen molar-refractivity contribution in [1.82, 2.24) is 10.2 Å². The average Bonchev–Trinajstić information content (AvgIpc) is 3.14. The third-order valence-electron chi connectivity index (χ3n) is 4.84. The Bertz CT molecular complexity index is 767. The van der Waals surface area contributed by atoms with Crippen molar-refractivity contribution in [3.63, 3.8) is 0 Å². The molecule has 0 unspecified atom stereocenters. The number of rotatable bonds is 7. The molecule has 1 fully saturated rings. The number of morpholine rings is 1. The fourth-order valence-electron chi connectivity index (χ4n) is 3.31. The molecule has 146 valence electrons. The molecule has 0 spiro atoms. The second kappa shape index (κ2) is 8.92. The SMILES string of the molecule is COc1ccc([C@@H](CNC(=O)c2ccoc2C)N2CCOCC2)cc1OC. The molecular weight excluding hydrogens is 348 g/mol. The van der Waals surface area contributed by atoms with E-state index in [1.807, 2.05) is 18.2 Å². The van der Waals surface area contributed by atoms with Crippen LogP contribution < -0.4 is 14.8 Å². The first-order valence-electron chi connectivity index (χ1n) is 9.00. The first kappa shape index (κ1) is 19.3. The lowest BCUT2D eigenvalue weighted by atomic mass is 10.0. The Kier molecular flexibility index (Phi) is 6.36. The highest BCUT2D eigenvalue weighted by Gasteiger charge is 2.25. The predicted octanol–water partition coefficient (Wildman–Crippen LogP) is 2.41. The Balaban J connectivity index is 1.80. The van der Waals surface area contributed by atoms with Gasteiger partial charge in [-0.2, -0.15) is 0 Å². The number of aryl methyl sites for hydroxylation is 1. The van der Waals surface area contributed by atoms with Gasteiger partial charge in [-0.05, 0) is 30.7 Å². The number of amides is 1. The summed E-state index contributed by atoms with van der Waals surface area (Å²) in [6.07, 6.45) is 1.53. The topological polar surface area (TPSA) is 73.2 Å². The molecule has 0 saturated carbocycles. The van der Waals surface area contributed by atoms with Gasteiger partial charge < -0.3 is 23.9 Å². The fraction of sp³-hybridized carbons (Fsp3) is 0.450. The van der Waals surface area contributed by atoms with Gasteiger partial charge in [0.05, 0.1) is 45.3 Å². The molecular formula is C20H26N2O5.